The third kappa shape index (κ3) is 2.76. The Hall–Kier alpha value is -1.89. The fourth-order valence-corrected chi connectivity index (χ4v) is 2.47. The van der Waals surface area contributed by atoms with Gasteiger partial charge in [-0.3, -0.25) is 4.79 Å². The molecule has 1 aromatic rings. The lowest BCUT2D eigenvalue weighted by molar-refractivity contribution is -0.121. The van der Waals surface area contributed by atoms with Crippen LogP contribution < -0.4 is 21.9 Å². The number of rotatable bonds is 5. The molecule has 1 saturated heterocycles. The molecule has 0 aliphatic carbocycles. The predicted octanol–water partition coefficient (Wildman–Crippen LogP) is 0.0263. The lowest BCUT2D eigenvalue weighted by atomic mass is 10.1. The van der Waals surface area contributed by atoms with Crippen molar-refractivity contribution in [2.45, 2.75) is 26.2 Å². The number of hydrogen-bond acceptors (Lipinski definition) is 6. The largest absolute Gasteiger partial charge is 0.369 e. The summed E-state index contributed by atoms with van der Waals surface area (Å²) in [5, 5.41) is 0. The number of hydrazine groups is 1. The van der Waals surface area contributed by atoms with Crippen LogP contribution in [0.1, 0.15) is 25.3 Å². The molecule has 0 saturated carbocycles. The van der Waals surface area contributed by atoms with Crippen LogP contribution in [-0.4, -0.2) is 29.0 Å². The molecule has 1 aromatic heterocycles. The van der Waals surface area contributed by atoms with E-state index < -0.39 is 0 Å². The van der Waals surface area contributed by atoms with Crippen LogP contribution in [0.4, 0.5) is 11.6 Å². The summed E-state index contributed by atoms with van der Waals surface area (Å²) in [7, 11) is 0. The van der Waals surface area contributed by atoms with Crippen molar-refractivity contribution >= 4 is 17.5 Å². The number of nitrogen functional groups attached to an aromatic ring is 1. The summed E-state index contributed by atoms with van der Waals surface area (Å²) < 4.78 is 0. The topological polar surface area (TPSA) is 110 Å². The molecule has 19 heavy (non-hydrogen) atoms. The van der Waals surface area contributed by atoms with Gasteiger partial charge in [0.05, 0.1) is 5.92 Å². The Morgan fingerprint density at radius 1 is 1.58 bits per heavy atom. The molecule has 5 N–H and O–H groups in total. The van der Waals surface area contributed by atoms with E-state index in [1.54, 1.807) is 0 Å². The summed E-state index contributed by atoms with van der Waals surface area (Å²) in [5.41, 5.74) is 8.97. The molecule has 7 heteroatoms. The molecule has 0 aromatic carbocycles. The summed E-state index contributed by atoms with van der Waals surface area (Å²) in [6.07, 6.45) is 4.08. The second-order valence-electron chi connectivity index (χ2n) is 4.75. The van der Waals surface area contributed by atoms with Crippen LogP contribution in [0.2, 0.25) is 0 Å². The molecular weight excluding hydrogens is 244 g/mol. The Morgan fingerprint density at radius 2 is 2.37 bits per heavy atom. The summed E-state index contributed by atoms with van der Waals surface area (Å²) >= 11 is 0. The summed E-state index contributed by atoms with van der Waals surface area (Å²) in [6, 6.07) is 0. The predicted molar refractivity (Wildman–Crippen MR) is 73.4 cm³/mol. The minimum atomic E-state index is -0.245. The van der Waals surface area contributed by atoms with Gasteiger partial charge < -0.3 is 16.1 Å². The van der Waals surface area contributed by atoms with Crippen LogP contribution >= 0.6 is 0 Å². The minimum Gasteiger partial charge on any atom is -0.369 e. The average Bonchev–Trinajstić information content (AvgIpc) is 2.89. The van der Waals surface area contributed by atoms with Gasteiger partial charge in [0.25, 0.3) is 0 Å². The number of nitrogens with one attached hydrogen (secondary N) is 1. The first kappa shape index (κ1) is 13.5. The first-order chi connectivity index (χ1) is 9.17. The third-order valence-corrected chi connectivity index (χ3v) is 3.45. The van der Waals surface area contributed by atoms with E-state index >= 15 is 0 Å². The maximum atomic E-state index is 11.2. The normalized spacial score (nSPS) is 18.6. The molecule has 1 amide bonds. The van der Waals surface area contributed by atoms with Crippen molar-refractivity contribution in [2.75, 3.05) is 23.4 Å². The molecular formula is C12H20N6O. The summed E-state index contributed by atoms with van der Waals surface area (Å²) in [4.78, 5) is 21.8. The van der Waals surface area contributed by atoms with Crippen LogP contribution in [0.5, 0.6) is 0 Å². The highest BCUT2D eigenvalue weighted by atomic mass is 16.1. The van der Waals surface area contributed by atoms with E-state index in [9.17, 15) is 4.79 Å². The van der Waals surface area contributed by atoms with Gasteiger partial charge >= 0.3 is 0 Å². The zero-order valence-corrected chi connectivity index (χ0v) is 11.1. The zero-order valence-electron chi connectivity index (χ0n) is 11.1. The van der Waals surface area contributed by atoms with E-state index in [1.165, 1.54) is 6.33 Å². The van der Waals surface area contributed by atoms with E-state index in [2.05, 4.69) is 27.2 Å². The average molecular weight is 264 g/mol. The van der Waals surface area contributed by atoms with E-state index in [1.807, 2.05) is 0 Å². The van der Waals surface area contributed by atoms with Gasteiger partial charge in [0.1, 0.15) is 18.0 Å². The number of aromatic nitrogens is 2. The monoisotopic (exact) mass is 264 g/mol. The lowest BCUT2D eigenvalue weighted by Gasteiger charge is -2.21. The second kappa shape index (κ2) is 5.83. The van der Waals surface area contributed by atoms with Gasteiger partial charge in [-0.1, -0.05) is 13.3 Å². The van der Waals surface area contributed by atoms with E-state index in [0.29, 0.717) is 12.4 Å². The highest BCUT2D eigenvalue weighted by Gasteiger charge is 2.29. The molecule has 0 spiro atoms. The molecule has 1 aliphatic rings. The third-order valence-electron chi connectivity index (χ3n) is 3.45. The highest BCUT2D eigenvalue weighted by molar-refractivity contribution is 5.78. The van der Waals surface area contributed by atoms with Crippen molar-refractivity contribution in [3.05, 3.63) is 11.9 Å². The van der Waals surface area contributed by atoms with Crippen molar-refractivity contribution in [3.8, 4) is 0 Å². The van der Waals surface area contributed by atoms with Crippen LogP contribution in [-0.2, 0) is 11.2 Å². The first-order valence-corrected chi connectivity index (χ1v) is 6.52. The SMILES string of the molecule is CCCc1c(NN)ncnc1N1CCC(C(N)=O)C1. The van der Waals surface area contributed by atoms with Gasteiger partial charge in [0, 0.05) is 18.7 Å². The van der Waals surface area contributed by atoms with Crippen molar-refractivity contribution in [2.24, 2.45) is 17.5 Å². The molecule has 1 fully saturated rings. The molecule has 2 heterocycles. The number of nitrogens with zero attached hydrogens (tertiary/aromatic N) is 3. The Morgan fingerprint density at radius 3 is 2.95 bits per heavy atom. The van der Waals surface area contributed by atoms with Gasteiger partial charge in [-0.25, -0.2) is 15.8 Å². The van der Waals surface area contributed by atoms with Gasteiger partial charge in [-0.05, 0) is 12.8 Å². The van der Waals surface area contributed by atoms with Crippen LogP contribution in [0.3, 0.4) is 0 Å². The number of carbonyl (C=O) groups excluding carboxylic acids is 1. The lowest BCUT2D eigenvalue weighted by Crippen LogP contribution is -2.28. The van der Waals surface area contributed by atoms with E-state index in [0.717, 1.165) is 37.2 Å². The van der Waals surface area contributed by atoms with Crippen molar-refractivity contribution in [3.63, 3.8) is 0 Å². The van der Waals surface area contributed by atoms with Crippen molar-refractivity contribution < 1.29 is 4.79 Å². The van der Waals surface area contributed by atoms with Crippen molar-refractivity contribution in [1.82, 2.24) is 9.97 Å². The highest BCUT2D eigenvalue weighted by Crippen LogP contribution is 2.28. The van der Waals surface area contributed by atoms with Gasteiger partial charge in [0.2, 0.25) is 5.91 Å². The maximum absolute atomic E-state index is 11.2. The van der Waals surface area contributed by atoms with Crippen LogP contribution in [0.15, 0.2) is 6.33 Å². The Bertz CT molecular complexity index is 464. The Kier molecular flexibility index (Phi) is 4.16. The number of amides is 1. The summed E-state index contributed by atoms with van der Waals surface area (Å²) in [6.45, 7) is 3.49. The minimum absolute atomic E-state index is 0.0984. The molecule has 1 atom stereocenters. The Balaban J connectivity index is 2.27. The number of carbonyl (C=O) groups is 1. The van der Waals surface area contributed by atoms with Gasteiger partial charge in [0.15, 0.2) is 0 Å². The second-order valence-corrected chi connectivity index (χ2v) is 4.75. The van der Waals surface area contributed by atoms with E-state index in [-0.39, 0.29) is 11.8 Å². The molecule has 2 rings (SSSR count). The maximum Gasteiger partial charge on any atom is 0.222 e. The quantitative estimate of drug-likeness (QED) is 0.511. The van der Waals surface area contributed by atoms with Crippen LogP contribution in [0, 0.1) is 5.92 Å². The molecule has 1 unspecified atom stereocenters. The fourth-order valence-electron chi connectivity index (χ4n) is 2.47. The molecule has 7 nitrogen and oxygen atoms in total. The summed E-state index contributed by atoms with van der Waals surface area (Å²) in [5.74, 6) is 6.65. The Labute approximate surface area is 112 Å². The van der Waals surface area contributed by atoms with Gasteiger partial charge in [-0.15, -0.1) is 0 Å². The number of hydrogen-bond donors (Lipinski definition) is 3. The standard InChI is InChI=1S/C12H20N6O/c1-2-3-9-11(17-14)15-7-16-12(9)18-5-4-8(6-18)10(13)19/h7-8H,2-6,14H2,1H3,(H2,13,19)(H,15,16,17). The number of primary amides is 1. The number of nitrogens with two attached hydrogens (primary N) is 2. The first-order valence-electron chi connectivity index (χ1n) is 6.52. The molecule has 0 radical (unpaired) electrons. The van der Waals surface area contributed by atoms with E-state index in [4.69, 9.17) is 11.6 Å². The number of anilines is 2. The molecule has 104 valence electrons. The fraction of sp³-hybridized carbons (Fsp3) is 0.583. The van der Waals surface area contributed by atoms with Crippen LogP contribution in [0.25, 0.3) is 0 Å². The van der Waals surface area contributed by atoms with Crippen molar-refractivity contribution in [1.29, 1.82) is 0 Å². The zero-order chi connectivity index (χ0) is 13.8. The molecule has 1 aliphatic heterocycles. The van der Waals surface area contributed by atoms with Gasteiger partial charge in [-0.2, -0.15) is 0 Å². The smallest absolute Gasteiger partial charge is 0.222 e. The molecule has 0 bridgehead atoms.